The van der Waals surface area contributed by atoms with Crippen LogP contribution in [0.5, 0.6) is 0 Å². The topological polar surface area (TPSA) is 61.0 Å². The van der Waals surface area contributed by atoms with E-state index in [1.165, 1.54) is 6.07 Å². The lowest BCUT2D eigenvalue weighted by atomic mass is 10.2. The van der Waals surface area contributed by atoms with Gasteiger partial charge in [-0.15, -0.1) is 0 Å². The molecule has 0 spiro atoms. The molecule has 1 rings (SSSR count). The molecule has 0 aliphatic rings. The van der Waals surface area contributed by atoms with Gasteiger partial charge >= 0.3 is 5.82 Å². The van der Waals surface area contributed by atoms with Gasteiger partial charge in [0, 0.05) is 5.33 Å². The maximum atomic E-state index is 10.3. The summed E-state index contributed by atoms with van der Waals surface area (Å²) in [6, 6.07) is 1.42. The van der Waals surface area contributed by atoms with Gasteiger partial charge in [0.15, 0.2) is 0 Å². The first-order valence-corrected chi connectivity index (χ1v) is 5.60. The van der Waals surface area contributed by atoms with Crippen molar-refractivity contribution in [3.05, 3.63) is 22.4 Å². The Morgan fingerprint density at radius 1 is 1.50 bits per heavy atom. The van der Waals surface area contributed by atoms with E-state index in [1.807, 2.05) is 0 Å². The molecule has 78 valence electrons. The molecule has 0 radical (unpaired) electrons. The van der Waals surface area contributed by atoms with Crippen molar-refractivity contribution in [1.29, 1.82) is 0 Å². The lowest BCUT2D eigenvalue weighted by Crippen LogP contribution is -1.99. The minimum atomic E-state index is -0.477. The van der Waals surface area contributed by atoms with Crippen molar-refractivity contribution in [2.75, 3.05) is 5.33 Å². The predicted octanol–water partition coefficient (Wildman–Crippen LogP) is 2.36. The number of nitrogens with zero attached hydrogens (tertiary/aromatic N) is 3. The molecule has 1 aromatic heterocycles. The van der Waals surface area contributed by atoms with Crippen LogP contribution in [0.15, 0.2) is 12.3 Å². The van der Waals surface area contributed by atoms with Gasteiger partial charge in [-0.1, -0.05) is 22.4 Å². The second-order valence-corrected chi connectivity index (χ2v) is 3.74. The fourth-order valence-electron chi connectivity index (χ4n) is 1.12. The van der Waals surface area contributed by atoms with Gasteiger partial charge in [0.25, 0.3) is 0 Å². The molecule has 6 heteroatoms. The number of rotatable bonds is 6. The molecule has 5 nitrogen and oxygen atoms in total. The Kier molecular flexibility index (Phi) is 4.58. The van der Waals surface area contributed by atoms with Crippen LogP contribution in [0, 0.1) is 10.1 Å². The van der Waals surface area contributed by atoms with Gasteiger partial charge in [0.2, 0.25) is 0 Å². The summed E-state index contributed by atoms with van der Waals surface area (Å²) in [5.74, 6) is -0.0782. The average Bonchev–Trinajstić information content (AvgIpc) is 2.61. The van der Waals surface area contributed by atoms with Gasteiger partial charge in [0.05, 0.1) is 23.9 Å². The first-order valence-electron chi connectivity index (χ1n) is 4.48. The molecule has 0 saturated heterocycles. The lowest BCUT2D eigenvalue weighted by molar-refractivity contribution is -0.389. The Morgan fingerprint density at radius 3 is 2.86 bits per heavy atom. The summed E-state index contributed by atoms with van der Waals surface area (Å²) < 4.78 is 1.62. The van der Waals surface area contributed by atoms with E-state index in [0.29, 0.717) is 0 Å². The summed E-state index contributed by atoms with van der Waals surface area (Å²) in [5, 5.41) is 15.1. The molecule has 0 fully saturated rings. The zero-order valence-corrected chi connectivity index (χ0v) is 9.31. The molecule has 14 heavy (non-hydrogen) atoms. The monoisotopic (exact) mass is 261 g/mol. The molecular weight excluding hydrogens is 250 g/mol. The molecule has 0 saturated carbocycles. The Labute approximate surface area is 90.4 Å². The molecule has 1 heterocycles. The van der Waals surface area contributed by atoms with Crippen molar-refractivity contribution in [3.8, 4) is 0 Å². The van der Waals surface area contributed by atoms with Gasteiger partial charge in [-0.05, 0) is 17.8 Å². The van der Waals surface area contributed by atoms with E-state index in [2.05, 4.69) is 21.0 Å². The number of aromatic nitrogens is 2. The summed E-state index contributed by atoms with van der Waals surface area (Å²) in [6.45, 7) is 0.751. The second-order valence-electron chi connectivity index (χ2n) is 2.94. The number of nitro groups is 1. The third-order valence-electron chi connectivity index (χ3n) is 1.83. The Morgan fingerprint density at radius 2 is 2.29 bits per heavy atom. The van der Waals surface area contributed by atoms with E-state index in [4.69, 9.17) is 0 Å². The van der Waals surface area contributed by atoms with Crippen molar-refractivity contribution in [1.82, 2.24) is 9.78 Å². The summed E-state index contributed by atoms with van der Waals surface area (Å²) >= 11 is 3.35. The van der Waals surface area contributed by atoms with Crippen molar-refractivity contribution in [2.45, 2.75) is 25.8 Å². The zero-order valence-electron chi connectivity index (χ0n) is 7.73. The fourth-order valence-corrected chi connectivity index (χ4v) is 1.51. The molecule has 0 atom stereocenters. The molecular formula is C8H12BrN3O2. The van der Waals surface area contributed by atoms with Crippen LogP contribution < -0.4 is 0 Å². The van der Waals surface area contributed by atoms with Crippen molar-refractivity contribution >= 4 is 21.7 Å². The normalized spacial score (nSPS) is 10.4. The second kappa shape index (κ2) is 5.74. The summed E-state index contributed by atoms with van der Waals surface area (Å²) in [5.41, 5.74) is 0. The van der Waals surface area contributed by atoms with E-state index in [0.717, 1.165) is 31.1 Å². The highest BCUT2D eigenvalue weighted by Gasteiger charge is 2.09. The van der Waals surface area contributed by atoms with Crippen LogP contribution in [0.4, 0.5) is 5.82 Å². The van der Waals surface area contributed by atoms with Gasteiger partial charge in [-0.25, -0.2) is 0 Å². The molecule has 0 aliphatic carbocycles. The maximum absolute atomic E-state index is 10.3. The zero-order chi connectivity index (χ0) is 10.4. The van der Waals surface area contributed by atoms with Crippen molar-refractivity contribution in [3.63, 3.8) is 0 Å². The summed E-state index contributed by atoms with van der Waals surface area (Å²) in [7, 11) is 0. The molecule has 0 aliphatic heterocycles. The highest BCUT2D eigenvalue weighted by Crippen LogP contribution is 2.07. The number of halogens is 1. The molecule has 0 unspecified atom stereocenters. The van der Waals surface area contributed by atoms with E-state index in [9.17, 15) is 10.1 Å². The molecule has 0 aromatic carbocycles. The van der Waals surface area contributed by atoms with E-state index in [1.54, 1.807) is 10.9 Å². The Bertz CT molecular complexity index is 301. The number of aryl methyl sites for hydroxylation is 1. The third kappa shape index (κ3) is 3.45. The van der Waals surface area contributed by atoms with Crippen LogP contribution in [-0.2, 0) is 6.54 Å². The van der Waals surface area contributed by atoms with Crippen molar-refractivity contribution in [2.24, 2.45) is 0 Å². The van der Waals surface area contributed by atoms with Crippen LogP contribution in [-0.4, -0.2) is 20.0 Å². The third-order valence-corrected chi connectivity index (χ3v) is 2.40. The minimum absolute atomic E-state index is 0.0782. The quantitative estimate of drug-likeness (QED) is 0.342. The van der Waals surface area contributed by atoms with Crippen molar-refractivity contribution < 1.29 is 4.92 Å². The van der Waals surface area contributed by atoms with Crippen LogP contribution in [0.25, 0.3) is 0 Å². The minimum Gasteiger partial charge on any atom is -0.358 e. The van der Waals surface area contributed by atoms with Crippen LogP contribution >= 0.6 is 15.9 Å². The van der Waals surface area contributed by atoms with Gasteiger partial charge in [-0.3, -0.25) is 0 Å². The standard InChI is InChI=1S/C8H12BrN3O2/c9-5-2-1-3-6-11-7-4-8(10-11)12(13)14/h4,7H,1-3,5-6H2. The number of alkyl halides is 1. The SMILES string of the molecule is O=[N+]([O-])c1ccn(CCCCCBr)n1. The van der Waals surface area contributed by atoms with Gasteiger partial charge in [0.1, 0.15) is 0 Å². The van der Waals surface area contributed by atoms with E-state index in [-0.39, 0.29) is 5.82 Å². The largest absolute Gasteiger partial charge is 0.389 e. The van der Waals surface area contributed by atoms with E-state index >= 15 is 0 Å². The predicted molar refractivity (Wildman–Crippen MR) is 56.5 cm³/mol. The lowest BCUT2D eigenvalue weighted by Gasteiger charge is -1.95. The van der Waals surface area contributed by atoms with Crippen LogP contribution in [0.2, 0.25) is 0 Å². The summed E-state index contributed by atoms with van der Waals surface area (Å²) in [6.07, 6.45) is 4.89. The van der Waals surface area contributed by atoms with Crippen LogP contribution in [0.1, 0.15) is 19.3 Å². The van der Waals surface area contributed by atoms with Gasteiger partial charge in [-0.2, -0.15) is 4.68 Å². The Hall–Kier alpha value is -0.910. The maximum Gasteiger partial charge on any atom is 0.389 e. The smallest absolute Gasteiger partial charge is 0.358 e. The molecule has 0 N–H and O–H groups in total. The van der Waals surface area contributed by atoms with Gasteiger partial charge < -0.3 is 10.1 Å². The fraction of sp³-hybridized carbons (Fsp3) is 0.625. The molecule has 0 bridgehead atoms. The van der Waals surface area contributed by atoms with Crippen LogP contribution in [0.3, 0.4) is 0 Å². The Balaban J connectivity index is 2.33. The highest BCUT2D eigenvalue weighted by atomic mass is 79.9. The highest BCUT2D eigenvalue weighted by molar-refractivity contribution is 9.09. The number of hydrogen-bond acceptors (Lipinski definition) is 3. The molecule has 0 amide bonds. The first-order chi connectivity index (χ1) is 6.74. The number of unbranched alkanes of at least 4 members (excludes halogenated alkanes) is 2. The molecule has 1 aromatic rings. The summed E-state index contributed by atoms with van der Waals surface area (Å²) in [4.78, 5) is 9.84. The number of hydrogen-bond donors (Lipinski definition) is 0. The van der Waals surface area contributed by atoms with E-state index < -0.39 is 4.92 Å². The average molecular weight is 262 g/mol. The first kappa shape index (κ1) is 11.2.